The molecule has 1 N–H and O–H groups in total. The predicted molar refractivity (Wildman–Crippen MR) is 114 cm³/mol. The van der Waals surface area contributed by atoms with E-state index < -0.39 is 0 Å². The lowest BCUT2D eigenvalue weighted by Crippen LogP contribution is -2.12. The lowest BCUT2D eigenvalue weighted by Gasteiger charge is -2.07. The molecule has 2 aromatic carbocycles. The average molecular weight is 384 g/mol. The highest BCUT2D eigenvalue weighted by atomic mass is 32.1. The van der Waals surface area contributed by atoms with Gasteiger partial charge in [-0.3, -0.25) is 9.48 Å². The summed E-state index contributed by atoms with van der Waals surface area (Å²) in [4.78, 5) is 17.0. The molecule has 28 heavy (non-hydrogen) atoms. The number of rotatable bonds is 3. The van der Waals surface area contributed by atoms with Gasteiger partial charge >= 0.3 is 0 Å². The molecule has 6 heteroatoms. The van der Waals surface area contributed by atoms with E-state index in [0.717, 1.165) is 32.0 Å². The maximum absolute atomic E-state index is 12.6. The number of thiophene rings is 1. The Kier molecular flexibility index (Phi) is 3.91. The summed E-state index contributed by atoms with van der Waals surface area (Å²) in [5, 5.41) is 12.3. The zero-order valence-corrected chi connectivity index (χ0v) is 15.9. The number of hydrogen-bond acceptors (Lipinski definition) is 4. The van der Waals surface area contributed by atoms with Crippen LogP contribution in [0, 0.1) is 0 Å². The van der Waals surface area contributed by atoms with E-state index in [0.29, 0.717) is 11.4 Å². The van der Waals surface area contributed by atoms with E-state index in [1.165, 1.54) is 0 Å². The Morgan fingerprint density at radius 2 is 1.86 bits per heavy atom. The fourth-order valence-electron chi connectivity index (χ4n) is 3.24. The largest absolute Gasteiger partial charge is 0.307 e. The number of nitrogens with one attached hydrogen (secondary N) is 1. The van der Waals surface area contributed by atoms with Gasteiger partial charge < -0.3 is 5.32 Å². The van der Waals surface area contributed by atoms with Gasteiger partial charge in [-0.25, -0.2) is 4.98 Å². The number of aryl methyl sites for hydroxylation is 1. The van der Waals surface area contributed by atoms with Crippen molar-refractivity contribution in [2.45, 2.75) is 0 Å². The molecule has 5 rings (SSSR count). The normalized spacial score (nSPS) is 11.2. The van der Waals surface area contributed by atoms with E-state index in [-0.39, 0.29) is 5.91 Å². The minimum absolute atomic E-state index is 0.162. The maximum atomic E-state index is 12.6. The average Bonchev–Trinajstić information content (AvgIpc) is 3.35. The van der Waals surface area contributed by atoms with Gasteiger partial charge in [0.15, 0.2) is 0 Å². The number of hydrogen-bond donors (Lipinski definition) is 1. The molecule has 5 aromatic rings. The van der Waals surface area contributed by atoms with Gasteiger partial charge in [0.2, 0.25) is 0 Å². The summed E-state index contributed by atoms with van der Waals surface area (Å²) >= 11 is 1.63. The van der Waals surface area contributed by atoms with Gasteiger partial charge in [0, 0.05) is 40.7 Å². The third-order valence-electron chi connectivity index (χ3n) is 4.72. The highest BCUT2D eigenvalue weighted by molar-refractivity contribution is 7.17. The Labute approximate surface area is 165 Å². The topological polar surface area (TPSA) is 59.8 Å². The van der Waals surface area contributed by atoms with Gasteiger partial charge in [0.1, 0.15) is 5.82 Å². The highest BCUT2D eigenvalue weighted by Crippen LogP contribution is 2.26. The Hall–Kier alpha value is -3.51. The van der Waals surface area contributed by atoms with Crippen LogP contribution in [-0.2, 0) is 7.05 Å². The Morgan fingerprint density at radius 3 is 2.71 bits per heavy atom. The highest BCUT2D eigenvalue weighted by Gasteiger charge is 2.09. The molecule has 0 saturated heterocycles. The van der Waals surface area contributed by atoms with Crippen molar-refractivity contribution in [3.63, 3.8) is 0 Å². The number of anilines is 1. The van der Waals surface area contributed by atoms with Crippen LogP contribution in [0.4, 0.5) is 5.82 Å². The Bertz CT molecular complexity index is 1330. The first-order valence-electron chi connectivity index (χ1n) is 8.83. The summed E-state index contributed by atoms with van der Waals surface area (Å²) in [6, 6.07) is 15.8. The third-order valence-corrected chi connectivity index (χ3v) is 5.60. The van der Waals surface area contributed by atoms with E-state index in [4.69, 9.17) is 0 Å². The third kappa shape index (κ3) is 3.04. The van der Waals surface area contributed by atoms with Crippen LogP contribution >= 0.6 is 11.3 Å². The molecule has 0 aliphatic carbocycles. The summed E-state index contributed by atoms with van der Waals surface area (Å²) < 4.78 is 2.88. The number of benzene rings is 2. The molecule has 0 fully saturated rings. The molecule has 1 amide bonds. The second-order valence-electron chi connectivity index (χ2n) is 6.66. The van der Waals surface area contributed by atoms with Crippen LogP contribution in [0.15, 0.2) is 72.5 Å². The zero-order chi connectivity index (χ0) is 19.1. The molecular formula is C22H16N4OS. The lowest BCUT2D eigenvalue weighted by atomic mass is 10.1. The van der Waals surface area contributed by atoms with Crippen LogP contribution in [0.25, 0.3) is 32.0 Å². The number of nitrogens with zero attached hydrogens (tertiary/aromatic N) is 3. The van der Waals surface area contributed by atoms with Crippen molar-refractivity contribution in [1.82, 2.24) is 14.8 Å². The summed E-state index contributed by atoms with van der Waals surface area (Å²) in [6.45, 7) is 0. The molecule has 3 aromatic heterocycles. The second-order valence-corrected chi connectivity index (χ2v) is 7.61. The molecule has 0 atom stereocenters. The molecule has 0 aliphatic heterocycles. The smallest absolute Gasteiger partial charge is 0.256 e. The summed E-state index contributed by atoms with van der Waals surface area (Å²) in [5.74, 6) is 0.373. The zero-order valence-electron chi connectivity index (χ0n) is 15.1. The van der Waals surface area contributed by atoms with Crippen LogP contribution in [0.5, 0.6) is 0 Å². The summed E-state index contributed by atoms with van der Waals surface area (Å²) in [6.07, 6.45) is 5.60. The van der Waals surface area contributed by atoms with E-state index in [1.54, 1.807) is 22.2 Å². The van der Waals surface area contributed by atoms with Crippen LogP contribution in [-0.4, -0.2) is 20.7 Å². The van der Waals surface area contributed by atoms with E-state index in [1.807, 2.05) is 61.2 Å². The number of pyridine rings is 1. The Morgan fingerprint density at radius 1 is 0.964 bits per heavy atom. The Balaban J connectivity index is 1.45. The molecule has 0 bridgehead atoms. The van der Waals surface area contributed by atoms with Crippen molar-refractivity contribution in [2.75, 3.05) is 5.32 Å². The molecule has 136 valence electrons. The minimum Gasteiger partial charge on any atom is -0.307 e. The molecule has 0 aliphatic rings. The van der Waals surface area contributed by atoms with Crippen molar-refractivity contribution >= 4 is 43.9 Å². The molecule has 0 unspecified atom stereocenters. The van der Waals surface area contributed by atoms with E-state index in [2.05, 4.69) is 27.5 Å². The van der Waals surface area contributed by atoms with Gasteiger partial charge in [-0.1, -0.05) is 18.2 Å². The molecule has 0 saturated carbocycles. The van der Waals surface area contributed by atoms with Gasteiger partial charge in [0.05, 0.1) is 6.20 Å². The van der Waals surface area contributed by atoms with Gasteiger partial charge in [0.25, 0.3) is 5.91 Å². The van der Waals surface area contributed by atoms with E-state index in [9.17, 15) is 4.79 Å². The van der Waals surface area contributed by atoms with Crippen molar-refractivity contribution < 1.29 is 4.79 Å². The number of fused-ring (bicyclic) bond motifs is 2. The van der Waals surface area contributed by atoms with Crippen molar-refractivity contribution in [1.29, 1.82) is 0 Å². The molecular weight excluding hydrogens is 368 g/mol. The number of carbonyl (C=O) groups is 1. The van der Waals surface area contributed by atoms with Crippen molar-refractivity contribution in [3.05, 3.63) is 78.1 Å². The van der Waals surface area contributed by atoms with Gasteiger partial charge in [-0.15, -0.1) is 11.3 Å². The van der Waals surface area contributed by atoms with Crippen LogP contribution in [0.1, 0.15) is 10.4 Å². The number of amides is 1. The van der Waals surface area contributed by atoms with Crippen LogP contribution in [0.3, 0.4) is 0 Å². The monoisotopic (exact) mass is 384 g/mol. The van der Waals surface area contributed by atoms with Crippen LogP contribution in [0.2, 0.25) is 0 Å². The summed E-state index contributed by atoms with van der Waals surface area (Å²) in [5.41, 5.74) is 2.75. The van der Waals surface area contributed by atoms with Crippen molar-refractivity contribution in [3.8, 4) is 11.1 Å². The fourth-order valence-corrected chi connectivity index (χ4v) is 4.07. The fraction of sp³-hybridized carbons (Fsp3) is 0.0455. The maximum Gasteiger partial charge on any atom is 0.256 e. The standard InChI is InChI=1S/C22H16N4OS/c1-26-13-19(12-24-26)15-3-5-17-11-23-21(10-18(17)8-15)25-22(27)16-4-2-14-6-7-28-20(14)9-16/h2-13H,1H3,(H,23,25,27). The minimum atomic E-state index is -0.162. The number of carbonyl (C=O) groups excluding carboxylic acids is 1. The van der Waals surface area contributed by atoms with E-state index >= 15 is 0 Å². The lowest BCUT2D eigenvalue weighted by molar-refractivity contribution is 0.102. The first kappa shape index (κ1) is 16.6. The second kappa shape index (κ2) is 6.58. The molecule has 5 nitrogen and oxygen atoms in total. The van der Waals surface area contributed by atoms with Gasteiger partial charge in [-0.2, -0.15) is 5.10 Å². The summed E-state index contributed by atoms with van der Waals surface area (Å²) in [7, 11) is 1.90. The number of aromatic nitrogens is 3. The van der Waals surface area contributed by atoms with Crippen molar-refractivity contribution in [2.24, 2.45) is 7.05 Å². The first-order valence-corrected chi connectivity index (χ1v) is 9.71. The molecule has 0 spiro atoms. The van der Waals surface area contributed by atoms with Crippen LogP contribution < -0.4 is 5.32 Å². The molecule has 3 heterocycles. The molecule has 0 radical (unpaired) electrons. The predicted octanol–water partition coefficient (Wildman–Crippen LogP) is 5.10. The van der Waals surface area contributed by atoms with Gasteiger partial charge in [-0.05, 0) is 52.0 Å². The quantitative estimate of drug-likeness (QED) is 0.471. The SMILES string of the molecule is Cn1cc(-c2ccc3cnc(NC(=O)c4ccc5ccsc5c4)cc3c2)cn1. The first-order chi connectivity index (χ1) is 13.7.